The lowest BCUT2D eigenvalue weighted by Crippen LogP contribution is -2.25. The molecule has 3 rings (SSSR count). The van der Waals surface area contributed by atoms with Crippen molar-refractivity contribution in [1.29, 1.82) is 0 Å². The Kier molecular flexibility index (Phi) is 4.79. The third-order valence-corrected chi connectivity index (χ3v) is 5.05. The molecule has 1 aromatic carbocycles. The van der Waals surface area contributed by atoms with Gasteiger partial charge < -0.3 is 9.47 Å². The van der Waals surface area contributed by atoms with Gasteiger partial charge in [0.05, 0.1) is 11.1 Å². The van der Waals surface area contributed by atoms with Crippen molar-refractivity contribution < 1.29 is 2.74 Å². The third kappa shape index (κ3) is 3.58. The summed E-state index contributed by atoms with van der Waals surface area (Å²) in [6.07, 6.45) is 1.22. The van der Waals surface area contributed by atoms with Gasteiger partial charge in [0.25, 0.3) is 0 Å². The number of aromatic nitrogens is 3. The van der Waals surface area contributed by atoms with E-state index >= 15 is 0 Å². The monoisotopic (exact) mass is 368 g/mol. The van der Waals surface area contributed by atoms with E-state index in [4.69, 9.17) is 12.7 Å². The van der Waals surface area contributed by atoms with Crippen LogP contribution in [0.25, 0.3) is 16.7 Å². The van der Waals surface area contributed by atoms with E-state index in [9.17, 15) is 0 Å². The van der Waals surface area contributed by atoms with Crippen LogP contribution in [0.2, 0.25) is 0 Å². The molecule has 2 aromatic heterocycles. The van der Waals surface area contributed by atoms with Crippen molar-refractivity contribution in [2.24, 2.45) is 0 Å². The lowest BCUT2D eigenvalue weighted by atomic mass is 10.1. The Hall–Kier alpha value is -2.36. The fourth-order valence-electron chi connectivity index (χ4n) is 3.94. The highest BCUT2D eigenvalue weighted by molar-refractivity contribution is 5.92. The minimum Gasteiger partial charge on any atom is -0.356 e. The molecule has 0 aliphatic heterocycles. The topological polar surface area (TPSA) is 34.0 Å². The highest BCUT2D eigenvalue weighted by atomic mass is 15.2. The minimum absolute atomic E-state index is 0.439. The quantitative estimate of drug-likeness (QED) is 0.569. The minimum atomic E-state index is -0.482. The van der Waals surface area contributed by atoms with Gasteiger partial charge in [0.1, 0.15) is 11.6 Å². The van der Waals surface area contributed by atoms with Crippen LogP contribution in [-0.2, 0) is 0 Å². The van der Waals surface area contributed by atoms with Crippen molar-refractivity contribution >= 4 is 16.9 Å². The molecule has 0 aliphatic rings. The van der Waals surface area contributed by atoms with Crippen LogP contribution < -0.4 is 4.90 Å². The van der Waals surface area contributed by atoms with E-state index in [0.717, 1.165) is 29.0 Å². The first-order chi connectivity index (χ1) is 13.6. The van der Waals surface area contributed by atoms with Gasteiger partial charge >= 0.3 is 0 Å². The number of benzene rings is 1. The molecule has 3 aromatic rings. The summed E-state index contributed by atoms with van der Waals surface area (Å²) in [4.78, 5) is 11.7. The molecule has 0 aliphatic carbocycles. The van der Waals surface area contributed by atoms with Crippen LogP contribution in [0.1, 0.15) is 57.5 Å². The molecule has 144 valence electrons. The maximum atomic E-state index is 8.26. The summed E-state index contributed by atoms with van der Waals surface area (Å²) in [5, 5.41) is 1.03. The highest BCUT2D eigenvalue weighted by Crippen LogP contribution is 2.33. The van der Waals surface area contributed by atoms with E-state index in [1.165, 1.54) is 22.4 Å². The average molecular weight is 369 g/mol. The smallest absolute Gasteiger partial charge is 0.150 e. The fourth-order valence-corrected chi connectivity index (χ4v) is 3.94. The van der Waals surface area contributed by atoms with Crippen LogP contribution in [0.15, 0.2) is 18.3 Å². The Bertz CT molecular complexity index is 1020. The summed E-state index contributed by atoms with van der Waals surface area (Å²) in [5.41, 5.74) is 6.88. The molecule has 0 radical (unpaired) electrons. The zero-order valence-corrected chi connectivity index (χ0v) is 17.6. The third-order valence-electron chi connectivity index (χ3n) is 5.05. The SMILES string of the molecule is [3H]C(C)C([3H])CN(CC)c1nc(C)nc2c1c(C)cn2-c1c(C)cc(C)cc1C. The summed E-state index contributed by atoms with van der Waals surface area (Å²) in [7, 11) is 0. The van der Waals surface area contributed by atoms with E-state index in [1.807, 2.05) is 6.92 Å². The van der Waals surface area contributed by atoms with Crippen LogP contribution in [0.4, 0.5) is 5.82 Å². The zero-order valence-electron chi connectivity index (χ0n) is 19.6. The Morgan fingerprint density at radius 3 is 2.26 bits per heavy atom. The molecule has 0 amide bonds. The molecule has 4 nitrogen and oxygen atoms in total. The van der Waals surface area contributed by atoms with Crippen molar-refractivity contribution in [1.82, 2.24) is 14.5 Å². The van der Waals surface area contributed by atoms with Crippen LogP contribution in [0.3, 0.4) is 0 Å². The zero-order chi connectivity index (χ0) is 21.5. The van der Waals surface area contributed by atoms with Crippen LogP contribution >= 0.6 is 0 Å². The lowest BCUT2D eigenvalue weighted by molar-refractivity contribution is 0.724. The van der Waals surface area contributed by atoms with Gasteiger partial charge in [-0.15, -0.1) is 0 Å². The van der Waals surface area contributed by atoms with Crippen molar-refractivity contribution in [3.8, 4) is 5.69 Å². The second-order valence-electron chi connectivity index (χ2n) is 7.33. The molecule has 0 saturated carbocycles. The summed E-state index contributed by atoms with van der Waals surface area (Å²) in [5.74, 6) is 1.58. The number of rotatable bonds is 6. The Labute approximate surface area is 166 Å². The van der Waals surface area contributed by atoms with Gasteiger partial charge in [0, 0.05) is 22.0 Å². The van der Waals surface area contributed by atoms with Gasteiger partial charge in [0.2, 0.25) is 0 Å². The molecule has 0 spiro atoms. The average Bonchev–Trinajstić information content (AvgIpc) is 2.94. The molecule has 27 heavy (non-hydrogen) atoms. The number of aryl methyl sites for hydroxylation is 5. The molecule has 2 unspecified atom stereocenters. The normalized spacial score (nSPS) is 14.8. The van der Waals surface area contributed by atoms with Gasteiger partial charge in [-0.05, 0) is 64.6 Å². The maximum absolute atomic E-state index is 8.26. The van der Waals surface area contributed by atoms with Crippen molar-refractivity contribution in [3.05, 3.63) is 46.4 Å². The number of hydrogen-bond donors (Lipinski definition) is 0. The lowest BCUT2D eigenvalue weighted by Gasteiger charge is -2.23. The van der Waals surface area contributed by atoms with Gasteiger partial charge in [0.15, 0.2) is 5.65 Å². The van der Waals surface area contributed by atoms with E-state index < -0.39 is 12.8 Å². The number of nitrogens with zero attached hydrogens (tertiary/aromatic N) is 4. The molecule has 4 heteroatoms. The predicted molar refractivity (Wildman–Crippen MR) is 115 cm³/mol. The van der Waals surface area contributed by atoms with E-state index in [-0.39, 0.29) is 0 Å². The molecular weight excluding hydrogens is 332 g/mol. The van der Waals surface area contributed by atoms with Crippen molar-refractivity contribution in [3.63, 3.8) is 0 Å². The molecule has 0 N–H and O–H groups in total. The predicted octanol–water partition coefficient (Wildman–Crippen LogP) is 5.59. The Balaban J connectivity index is 2.24. The van der Waals surface area contributed by atoms with Crippen molar-refractivity contribution in [2.45, 2.75) is 61.3 Å². The van der Waals surface area contributed by atoms with E-state index in [2.05, 4.69) is 62.4 Å². The number of fused-ring (bicyclic) bond motifs is 1. The Morgan fingerprint density at radius 1 is 1.00 bits per heavy atom. The van der Waals surface area contributed by atoms with Gasteiger partial charge in [-0.25, -0.2) is 9.97 Å². The van der Waals surface area contributed by atoms with Crippen LogP contribution in [0, 0.1) is 34.6 Å². The maximum Gasteiger partial charge on any atom is 0.150 e. The first kappa shape index (κ1) is 16.8. The largest absolute Gasteiger partial charge is 0.356 e. The van der Waals surface area contributed by atoms with Gasteiger partial charge in [-0.3, -0.25) is 0 Å². The van der Waals surface area contributed by atoms with Crippen LogP contribution in [0.5, 0.6) is 0 Å². The number of hydrogen-bond acceptors (Lipinski definition) is 3. The molecule has 2 heterocycles. The molecule has 0 fully saturated rings. The standard InChI is InChI=1S/C23H32N4/c1-8-10-11-26(9-2)22-20-18(6)14-27(23(20)25-19(7)24-22)21-16(4)12-15(3)13-17(21)5/h12-14H,8-11H2,1-7H3/i8T,10T. The van der Waals surface area contributed by atoms with Gasteiger partial charge in [-0.1, -0.05) is 31.0 Å². The molecule has 0 bridgehead atoms. The summed E-state index contributed by atoms with van der Waals surface area (Å²) in [6.45, 7) is 15.5. The summed E-state index contributed by atoms with van der Waals surface area (Å²) in [6, 6.07) is 4.41. The van der Waals surface area contributed by atoms with Crippen molar-refractivity contribution in [2.75, 3.05) is 18.0 Å². The van der Waals surface area contributed by atoms with Gasteiger partial charge in [-0.2, -0.15) is 0 Å². The first-order valence-electron chi connectivity index (χ1n) is 10.8. The molecular formula is C23H32N4. The van der Waals surface area contributed by atoms with Crippen LogP contribution in [-0.4, -0.2) is 27.6 Å². The molecule has 2 atom stereocenters. The number of anilines is 1. The Morgan fingerprint density at radius 2 is 1.67 bits per heavy atom. The second-order valence-corrected chi connectivity index (χ2v) is 7.33. The summed E-state index contributed by atoms with van der Waals surface area (Å²) < 4.78 is 18.3. The molecule has 0 saturated heterocycles. The first-order valence-corrected chi connectivity index (χ1v) is 9.68. The highest BCUT2D eigenvalue weighted by Gasteiger charge is 2.20. The van der Waals surface area contributed by atoms with E-state index in [0.29, 0.717) is 12.4 Å². The fraction of sp³-hybridized carbons (Fsp3) is 0.478. The second kappa shape index (κ2) is 7.71. The van der Waals surface area contributed by atoms with E-state index in [1.54, 1.807) is 6.92 Å². The summed E-state index contributed by atoms with van der Waals surface area (Å²) >= 11 is 0.